The number of aliphatic hydroxyl groups is 1. The highest BCUT2D eigenvalue weighted by Gasteiger charge is 2.16. The minimum atomic E-state index is -0.649. The molecule has 0 fully saturated rings. The van der Waals surface area contributed by atoms with Gasteiger partial charge in [-0.05, 0) is 35.6 Å². The van der Waals surface area contributed by atoms with Crippen LogP contribution in [-0.2, 0) is 0 Å². The van der Waals surface area contributed by atoms with Crippen LogP contribution in [0, 0.1) is 0 Å². The highest BCUT2D eigenvalue weighted by molar-refractivity contribution is 9.10. The van der Waals surface area contributed by atoms with Crippen molar-refractivity contribution >= 4 is 27.7 Å². The number of ether oxygens (including phenoxy) is 1. The monoisotopic (exact) mass is 338 g/mol. The summed E-state index contributed by atoms with van der Waals surface area (Å²) in [5.41, 5.74) is 1.75. The van der Waals surface area contributed by atoms with Crippen molar-refractivity contribution in [2.75, 3.05) is 13.4 Å². The number of aliphatic hydroxyl groups excluding tert-OH is 1. The summed E-state index contributed by atoms with van der Waals surface area (Å²) >= 11 is 5.12. The van der Waals surface area contributed by atoms with Crippen LogP contribution in [0.1, 0.15) is 17.2 Å². The minimum absolute atomic E-state index is 0.649. The zero-order chi connectivity index (χ0) is 13.8. The maximum Gasteiger partial charge on any atom is 0.120 e. The lowest BCUT2D eigenvalue weighted by molar-refractivity contribution is 0.216. The summed E-state index contributed by atoms with van der Waals surface area (Å²) in [6.07, 6.45) is 1.36. The van der Waals surface area contributed by atoms with Crippen molar-refractivity contribution in [3.63, 3.8) is 0 Å². The van der Waals surface area contributed by atoms with E-state index in [9.17, 15) is 5.11 Å². The molecule has 0 radical (unpaired) electrons. The molecule has 2 rings (SSSR count). The molecule has 2 aromatic rings. The molecular weight excluding hydrogens is 324 g/mol. The summed E-state index contributed by atoms with van der Waals surface area (Å²) in [5.74, 6) is 0.765. The van der Waals surface area contributed by atoms with E-state index >= 15 is 0 Å². The van der Waals surface area contributed by atoms with Crippen LogP contribution in [0.25, 0.3) is 0 Å². The van der Waals surface area contributed by atoms with Crippen molar-refractivity contribution in [3.05, 3.63) is 58.1 Å². The van der Waals surface area contributed by atoms with Crippen molar-refractivity contribution in [3.8, 4) is 5.75 Å². The van der Waals surface area contributed by atoms with Gasteiger partial charge >= 0.3 is 0 Å². The Morgan fingerprint density at radius 2 is 1.89 bits per heavy atom. The summed E-state index contributed by atoms with van der Waals surface area (Å²) < 4.78 is 6.01. The second-order valence-corrected chi connectivity index (χ2v) is 5.73. The maximum atomic E-state index is 10.6. The van der Waals surface area contributed by atoms with Gasteiger partial charge in [-0.25, -0.2) is 0 Å². The molecule has 0 saturated heterocycles. The molecule has 1 atom stereocenters. The second kappa shape index (κ2) is 6.46. The smallest absolute Gasteiger partial charge is 0.120 e. The van der Waals surface area contributed by atoms with Gasteiger partial charge in [-0.3, -0.25) is 0 Å². The van der Waals surface area contributed by atoms with Crippen LogP contribution >= 0.6 is 27.7 Å². The van der Waals surface area contributed by atoms with E-state index in [-0.39, 0.29) is 0 Å². The first kappa shape index (κ1) is 14.4. The van der Waals surface area contributed by atoms with Gasteiger partial charge in [0.2, 0.25) is 0 Å². The number of rotatable bonds is 4. The molecule has 0 heterocycles. The largest absolute Gasteiger partial charge is 0.497 e. The molecule has 100 valence electrons. The van der Waals surface area contributed by atoms with Crippen molar-refractivity contribution in [1.29, 1.82) is 0 Å². The van der Waals surface area contributed by atoms with Crippen molar-refractivity contribution in [1.82, 2.24) is 0 Å². The molecular formula is C15H15BrO2S. The van der Waals surface area contributed by atoms with Crippen LogP contribution < -0.4 is 4.74 Å². The maximum absolute atomic E-state index is 10.6. The summed E-state index contributed by atoms with van der Waals surface area (Å²) in [6.45, 7) is 0. The molecule has 0 aliphatic carbocycles. The summed E-state index contributed by atoms with van der Waals surface area (Å²) in [7, 11) is 1.63. The third-order valence-electron chi connectivity index (χ3n) is 2.94. The Balaban J connectivity index is 2.41. The van der Waals surface area contributed by atoms with Crippen molar-refractivity contribution in [2.24, 2.45) is 0 Å². The van der Waals surface area contributed by atoms with Gasteiger partial charge in [-0.2, -0.15) is 0 Å². The Bertz CT molecular complexity index is 572. The molecule has 0 amide bonds. The van der Waals surface area contributed by atoms with E-state index in [1.807, 2.05) is 48.7 Å². The molecule has 0 saturated carbocycles. The number of methoxy groups -OCH3 is 1. The van der Waals surface area contributed by atoms with Gasteiger partial charge in [0, 0.05) is 9.37 Å². The van der Waals surface area contributed by atoms with Gasteiger partial charge in [0.05, 0.1) is 7.11 Å². The third-order valence-corrected chi connectivity index (χ3v) is 4.43. The zero-order valence-electron chi connectivity index (χ0n) is 10.8. The van der Waals surface area contributed by atoms with Crippen LogP contribution in [-0.4, -0.2) is 18.5 Å². The Hall–Kier alpha value is -0.970. The van der Waals surface area contributed by atoms with Crippen LogP contribution in [0.3, 0.4) is 0 Å². The molecule has 1 unspecified atom stereocenters. The Morgan fingerprint density at radius 1 is 1.16 bits per heavy atom. The molecule has 0 aliphatic heterocycles. The summed E-state index contributed by atoms with van der Waals surface area (Å²) in [6, 6.07) is 13.5. The number of halogens is 1. The van der Waals surface area contributed by atoms with Crippen molar-refractivity contribution in [2.45, 2.75) is 11.0 Å². The molecule has 2 nitrogen and oxygen atoms in total. The lowest BCUT2D eigenvalue weighted by Crippen LogP contribution is -2.02. The fourth-order valence-electron chi connectivity index (χ4n) is 1.92. The molecule has 0 spiro atoms. The van der Waals surface area contributed by atoms with E-state index in [1.54, 1.807) is 18.9 Å². The molecule has 2 aromatic carbocycles. The lowest BCUT2D eigenvalue weighted by Gasteiger charge is -2.16. The SMILES string of the molecule is COc1ccc(C(O)c2ccccc2SC)c(Br)c1. The van der Waals surface area contributed by atoms with E-state index in [1.165, 1.54) is 0 Å². The zero-order valence-corrected chi connectivity index (χ0v) is 13.2. The standard InChI is InChI=1S/C15H15BrO2S/c1-18-10-7-8-11(13(16)9-10)15(17)12-5-3-4-6-14(12)19-2/h3-9,15,17H,1-2H3. The van der Waals surface area contributed by atoms with E-state index < -0.39 is 6.10 Å². The van der Waals surface area contributed by atoms with Crippen LogP contribution in [0.2, 0.25) is 0 Å². The normalized spacial score (nSPS) is 12.2. The van der Waals surface area contributed by atoms with E-state index in [0.29, 0.717) is 0 Å². The highest BCUT2D eigenvalue weighted by atomic mass is 79.9. The van der Waals surface area contributed by atoms with Gasteiger partial charge in [0.15, 0.2) is 0 Å². The van der Waals surface area contributed by atoms with E-state index in [2.05, 4.69) is 15.9 Å². The Morgan fingerprint density at radius 3 is 2.53 bits per heavy atom. The van der Waals surface area contributed by atoms with E-state index in [0.717, 1.165) is 26.2 Å². The minimum Gasteiger partial charge on any atom is -0.497 e. The summed E-state index contributed by atoms with van der Waals surface area (Å²) in [4.78, 5) is 1.08. The fraction of sp³-hybridized carbons (Fsp3) is 0.200. The van der Waals surface area contributed by atoms with Crippen LogP contribution in [0.4, 0.5) is 0 Å². The van der Waals surface area contributed by atoms with E-state index in [4.69, 9.17) is 4.74 Å². The highest BCUT2D eigenvalue weighted by Crippen LogP contribution is 2.35. The summed E-state index contributed by atoms with van der Waals surface area (Å²) in [5, 5.41) is 10.6. The number of benzene rings is 2. The first-order chi connectivity index (χ1) is 9.17. The van der Waals surface area contributed by atoms with Gasteiger partial charge in [-0.15, -0.1) is 11.8 Å². The van der Waals surface area contributed by atoms with Gasteiger partial charge in [0.25, 0.3) is 0 Å². The quantitative estimate of drug-likeness (QED) is 0.844. The lowest BCUT2D eigenvalue weighted by atomic mass is 10.0. The molecule has 1 N–H and O–H groups in total. The first-order valence-electron chi connectivity index (χ1n) is 5.81. The molecule has 4 heteroatoms. The van der Waals surface area contributed by atoms with Crippen LogP contribution in [0.15, 0.2) is 51.8 Å². The van der Waals surface area contributed by atoms with Crippen LogP contribution in [0.5, 0.6) is 5.75 Å². The number of thioether (sulfide) groups is 1. The predicted molar refractivity (Wildman–Crippen MR) is 83.0 cm³/mol. The fourth-order valence-corrected chi connectivity index (χ4v) is 3.12. The molecule has 0 aromatic heterocycles. The van der Waals surface area contributed by atoms with Gasteiger partial charge < -0.3 is 9.84 Å². The average Bonchev–Trinajstić information content (AvgIpc) is 2.46. The van der Waals surface area contributed by atoms with Gasteiger partial charge in [-0.1, -0.05) is 40.2 Å². The predicted octanol–water partition coefficient (Wildman–Crippen LogP) is 4.26. The molecule has 0 aliphatic rings. The third kappa shape index (κ3) is 3.14. The van der Waals surface area contributed by atoms with Crippen molar-refractivity contribution < 1.29 is 9.84 Å². The molecule has 19 heavy (non-hydrogen) atoms. The average molecular weight is 339 g/mol. The topological polar surface area (TPSA) is 29.5 Å². The van der Waals surface area contributed by atoms with Gasteiger partial charge in [0.1, 0.15) is 11.9 Å². The second-order valence-electron chi connectivity index (χ2n) is 4.03. The number of hydrogen-bond donors (Lipinski definition) is 1. The first-order valence-corrected chi connectivity index (χ1v) is 7.83. The Kier molecular flexibility index (Phi) is 4.91. The number of hydrogen-bond acceptors (Lipinski definition) is 3. The molecule has 0 bridgehead atoms. The Labute approximate surface area is 125 Å².